The van der Waals surface area contributed by atoms with Gasteiger partial charge in [-0.1, -0.05) is 0 Å². The van der Waals surface area contributed by atoms with Gasteiger partial charge in [-0.05, 0) is 55.7 Å². The summed E-state index contributed by atoms with van der Waals surface area (Å²) < 4.78 is 10.6. The highest BCUT2D eigenvalue weighted by Crippen LogP contribution is 2.27. The second-order valence-electron chi connectivity index (χ2n) is 6.73. The third kappa shape index (κ3) is 6.15. The number of rotatable bonds is 8. The quantitative estimate of drug-likeness (QED) is 0.404. The van der Waals surface area contributed by atoms with E-state index in [0.717, 1.165) is 35.0 Å². The number of hydrogen-bond acceptors (Lipinski definition) is 6. The molecule has 0 unspecified atom stereocenters. The second-order valence-corrected chi connectivity index (χ2v) is 7.78. The fraction of sp³-hybridized carbons (Fsp3) is 0.364. The van der Waals surface area contributed by atoms with Gasteiger partial charge in [0.05, 0.1) is 26.2 Å². The Morgan fingerprint density at radius 1 is 1.10 bits per heavy atom. The molecule has 1 aliphatic heterocycles. The number of nitrogens with zero attached hydrogens (tertiary/aromatic N) is 2. The molecule has 154 valence electrons. The van der Waals surface area contributed by atoms with E-state index in [-0.39, 0.29) is 11.7 Å². The Morgan fingerprint density at radius 2 is 1.86 bits per heavy atom. The molecule has 7 heteroatoms. The van der Waals surface area contributed by atoms with Crippen molar-refractivity contribution >= 4 is 29.6 Å². The number of hydrogen-bond donors (Lipinski definition) is 1. The summed E-state index contributed by atoms with van der Waals surface area (Å²) in [5.74, 6) is 1.67. The Kier molecular flexibility index (Phi) is 7.81. The van der Waals surface area contributed by atoms with E-state index in [4.69, 9.17) is 9.47 Å². The van der Waals surface area contributed by atoms with Crippen LogP contribution in [0, 0.1) is 0 Å². The number of nitrogens with one attached hydrogen (secondary N) is 1. The Balaban J connectivity index is 1.52. The monoisotopic (exact) mass is 413 g/mol. The van der Waals surface area contributed by atoms with E-state index in [1.165, 1.54) is 36.7 Å². The first-order chi connectivity index (χ1) is 14.2. The Labute approximate surface area is 176 Å². The number of anilines is 1. The zero-order valence-electron chi connectivity index (χ0n) is 16.9. The maximum Gasteiger partial charge on any atom is 0.250 e. The molecule has 0 radical (unpaired) electrons. The lowest BCUT2D eigenvalue weighted by Crippen LogP contribution is -2.29. The molecule has 0 spiro atoms. The molecule has 0 saturated carbocycles. The smallest absolute Gasteiger partial charge is 0.250 e. The number of carbonyl (C=O) groups is 1. The molecule has 1 N–H and O–H groups in total. The van der Waals surface area contributed by atoms with E-state index >= 15 is 0 Å². The van der Waals surface area contributed by atoms with Crippen molar-refractivity contribution in [2.24, 2.45) is 5.10 Å². The topological polar surface area (TPSA) is 63.2 Å². The summed E-state index contributed by atoms with van der Waals surface area (Å²) in [5.41, 5.74) is 4.57. The van der Waals surface area contributed by atoms with Crippen LogP contribution in [0.3, 0.4) is 0 Å². The lowest BCUT2D eigenvalue weighted by atomic mass is 10.1. The normalized spacial score (nSPS) is 14.1. The molecule has 2 aromatic carbocycles. The van der Waals surface area contributed by atoms with Gasteiger partial charge in [0.25, 0.3) is 0 Å². The molecule has 6 nitrogen and oxygen atoms in total. The van der Waals surface area contributed by atoms with Crippen molar-refractivity contribution in [3.8, 4) is 11.5 Å². The van der Waals surface area contributed by atoms with Crippen molar-refractivity contribution in [1.82, 2.24) is 5.43 Å². The minimum Gasteiger partial charge on any atom is -0.497 e. The van der Waals surface area contributed by atoms with Crippen LogP contribution < -0.4 is 19.8 Å². The first kappa shape index (κ1) is 21.0. The van der Waals surface area contributed by atoms with Crippen LogP contribution in [0.2, 0.25) is 0 Å². The fourth-order valence-corrected chi connectivity index (χ4v) is 3.87. The molecule has 0 atom stereocenters. The lowest BCUT2D eigenvalue weighted by molar-refractivity contribution is -0.118. The van der Waals surface area contributed by atoms with Crippen LogP contribution >= 0.6 is 11.8 Å². The lowest BCUT2D eigenvalue weighted by Gasteiger charge is -2.29. The maximum absolute atomic E-state index is 12.0. The number of carbonyl (C=O) groups excluding carboxylic acids is 1. The molecule has 0 bridgehead atoms. The number of piperidine rings is 1. The molecule has 0 aromatic heterocycles. The number of ether oxygens (including phenoxy) is 2. The van der Waals surface area contributed by atoms with Crippen LogP contribution in [-0.2, 0) is 4.79 Å². The number of methoxy groups -OCH3 is 2. The highest BCUT2D eigenvalue weighted by atomic mass is 32.2. The number of hydrazone groups is 1. The minimum absolute atomic E-state index is 0.161. The van der Waals surface area contributed by atoms with Crippen molar-refractivity contribution < 1.29 is 14.3 Å². The molecule has 0 aliphatic carbocycles. The van der Waals surface area contributed by atoms with Gasteiger partial charge in [0, 0.05) is 35.3 Å². The highest BCUT2D eigenvalue weighted by Gasteiger charge is 2.13. The summed E-state index contributed by atoms with van der Waals surface area (Å²) in [7, 11) is 3.28. The first-order valence-corrected chi connectivity index (χ1v) is 10.7. The third-order valence-electron chi connectivity index (χ3n) is 4.76. The fourth-order valence-electron chi connectivity index (χ4n) is 3.18. The Hall–Kier alpha value is -2.67. The van der Waals surface area contributed by atoms with Crippen LogP contribution in [0.4, 0.5) is 5.69 Å². The first-order valence-electron chi connectivity index (χ1n) is 9.71. The van der Waals surface area contributed by atoms with Crippen LogP contribution in [-0.4, -0.2) is 45.2 Å². The van der Waals surface area contributed by atoms with Crippen molar-refractivity contribution in [3.63, 3.8) is 0 Å². The second kappa shape index (κ2) is 10.8. The zero-order chi connectivity index (χ0) is 20.5. The summed E-state index contributed by atoms with van der Waals surface area (Å²) in [6, 6.07) is 13.7. The Morgan fingerprint density at radius 3 is 2.55 bits per heavy atom. The minimum atomic E-state index is -0.161. The predicted octanol–water partition coefficient (Wildman–Crippen LogP) is 3.94. The summed E-state index contributed by atoms with van der Waals surface area (Å²) >= 11 is 1.45. The van der Waals surface area contributed by atoms with Crippen molar-refractivity contribution in [2.45, 2.75) is 24.2 Å². The van der Waals surface area contributed by atoms with Crippen molar-refractivity contribution in [3.05, 3.63) is 48.0 Å². The summed E-state index contributed by atoms with van der Waals surface area (Å²) in [4.78, 5) is 15.4. The van der Waals surface area contributed by atoms with E-state index in [1.807, 2.05) is 36.4 Å². The van der Waals surface area contributed by atoms with E-state index < -0.39 is 0 Å². The van der Waals surface area contributed by atoms with Crippen molar-refractivity contribution in [2.75, 3.05) is 38.0 Å². The van der Waals surface area contributed by atoms with Gasteiger partial charge in [0.15, 0.2) is 0 Å². The van der Waals surface area contributed by atoms with Gasteiger partial charge in [0.1, 0.15) is 11.5 Å². The average Bonchev–Trinajstić information content (AvgIpc) is 2.78. The molecule has 29 heavy (non-hydrogen) atoms. The number of thioether (sulfide) groups is 1. The highest BCUT2D eigenvalue weighted by molar-refractivity contribution is 8.00. The van der Waals surface area contributed by atoms with E-state index in [9.17, 15) is 4.79 Å². The Bertz CT molecular complexity index is 834. The molecule has 1 fully saturated rings. The molecule has 1 heterocycles. The van der Waals surface area contributed by atoms with Gasteiger partial charge < -0.3 is 14.4 Å². The van der Waals surface area contributed by atoms with Gasteiger partial charge in [-0.15, -0.1) is 11.8 Å². The molecule has 1 saturated heterocycles. The van der Waals surface area contributed by atoms with Gasteiger partial charge in [0.2, 0.25) is 5.91 Å². The summed E-state index contributed by atoms with van der Waals surface area (Å²) in [5, 5.41) is 4.08. The van der Waals surface area contributed by atoms with E-state index in [2.05, 4.69) is 21.5 Å². The van der Waals surface area contributed by atoms with Gasteiger partial charge in [-0.2, -0.15) is 5.10 Å². The van der Waals surface area contributed by atoms with Crippen LogP contribution in [0.25, 0.3) is 0 Å². The molecular formula is C22H27N3O3S. The molecule has 1 aliphatic rings. The van der Waals surface area contributed by atoms with E-state index in [0.29, 0.717) is 0 Å². The summed E-state index contributed by atoms with van der Waals surface area (Å²) in [6.45, 7) is 2.16. The molecule has 3 rings (SSSR count). The van der Waals surface area contributed by atoms with Crippen molar-refractivity contribution in [1.29, 1.82) is 0 Å². The zero-order valence-corrected chi connectivity index (χ0v) is 17.7. The largest absolute Gasteiger partial charge is 0.497 e. The van der Waals surface area contributed by atoms with Gasteiger partial charge >= 0.3 is 0 Å². The van der Waals surface area contributed by atoms with Gasteiger partial charge in [-0.3, -0.25) is 4.79 Å². The van der Waals surface area contributed by atoms with Crippen LogP contribution in [0.1, 0.15) is 24.8 Å². The molecule has 1 amide bonds. The number of amides is 1. The standard InChI is InChI=1S/C22H27N3O3S/c1-27-19-8-10-20(11-9-19)29-16-22(26)24-23-15-17-6-7-18(14-21(17)28-2)25-12-4-3-5-13-25/h6-11,14-15H,3-5,12-13,16H2,1-2H3,(H,24,26)/b23-15+. The summed E-state index contributed by atoms with van der Waals surface area (Å²) in [6.07, 6.45) is 5.38. The van der Waals surface area contributed by atoms with Gasteiger partial charge in [-0.25, -0.2) is 5.43 Å². The maximum atomic E-state index is 12.0. The van der Waals surface area contributed by atoms with Crippen LogP contribution in [0.15, 0.2) is 52.5 Å². The van der Waals surface area contributed by atoms with E-state index in [1.54, 1.807) is 20.4 Å². The SMILES string of the molecule is COc1ccc(SCC(=O)N/N=C/c2ccc(N3CCCCC3)cc2OC)cc1. The number of benzene rings is 2. The average molecular weight is 414 g/mol. The third-order valence-corrected chi connectivity index (χ3v) is 5.77. The predicted molar refractivity (Wildman–Crippen MR) is 119 cm³/mol. The van der Waals surface area contributed by atoms with Crippen LogP contribution in [0.5, 0.6) is 11.5 Å². The molecule has 2 aromatic rings. The molecular weight excluding hydrogens is 386 g/mol.